The predicted octanol–water partition coefficient (Wildman–Crippen LogP) is 2.57. The monoisotopic (exact) mass is 261 g/mol. The van der Waals surface area contributed by atoms with Gasteiger partial charge in [-0.15, -0.1) is 0 Å². The number of benzene rings is 1. The molecule has 0 spiro atoms. The molecule has 0 unspecified atom stereocenters. The second-order valence-electron chi connectivity index (χ2n) is 6.13. The van der Waals surface area contributed by atoms with Crippen molar-refractivity contribution in [3.8, 4) is 0 Å². The van der Waals surface area contributed by atoms with Gasteiger partial charge in [0, 0.05) is 31.0 Å². The molecule has 1 aromatic rings. The summed E-state index contributed by atoms with van der Waals surface area (Å²) in [6, 6.07) is 5.41. The fraction of sp³-hybridized carbons (Fsp3) is 0.533. The van der Waals surface area contributed by atoms with Crippen LogP contribution >= 0.6 is 0 Å². The number of nitrogens with one attached hydrogen (secondary N) is 1. The van der Waals surface area contributed by atoms with Crippen LogP contribution in [0.5, 0.6) is 0 Å². The van der Waals surface area contributed by atoms with Gasteiger partial charge in [0.2, 0.25) is 0 Å². The Hall–Kier alpha value is -1.71. The molecule has 0 aliphatic heterocycles. The van der Waals surface area contributed by atoms with Crippen molar-refractivity contribution in [2.45, 2.75) is 32.2 Å². The van der Waals surface area contributed by atoms with Gasteiger partial charge in [0.05, 0.1) is 5.56 Å². The SMILES string of the molecule is CN(C)C(=O)c1ccc(N)cc1NC(C)(C)C1CC1. The summed E-state index contributed by atoms with van der Waals surface area (Å²) in [4.78, 5) is 13.8. The van der Waals surface area contributed by atoms with Gasteiger partial charge in [-0.05, 0) is 50.8 Å². The molecule has 2 rings (SSSR count). The Morgan fingerprint density at radius 2 is 2.00 bits per heavy atom. The van der Waals surface area contributed by atoms with E-state index in [1.54, 1.807) is 31.1 Å². The molecule has 4 heteroatoms. The predicted molar refractivity (Wildman–Crippen MR) is 79.3 cm³/mol. The first-order chi connectivity index (χ1) is 8.81. The summed E-state index contributed by atoms with van der Waals surface area (Å²) < 4.78 is 0. The molecule has 104 valence electrons. The van der Waals surface area contributed by atoms with Crippen molar-refractivity contribution in [1.29, 1.82) is 0 Å². The van der Waals surface area contributed by atoms with Crippen LogP contribution in [0.3, 0.4) is 0 Å². The number of carbonyl (C=O) groups excluding carboxylic acids is 1. The average Bonchev–Trinajstić information content (AvgIpc) is 3.11. The highest BCUT2D eigenvalue weighted by Crippen LogP contribution is 2.41. The van der Waals surface area contributed by atoms with Gasteiger partial charge >= 0.3 is 0 Å². The summed E-state index contributed by atoms with van der Waals surface area (Å²) >= 11 is 0. The molecule has 0 radical (unpaired) electrons. The molecular weight excluding hydrogens is 238 g/mol. The van der Waals surface area contributed by atoms with E-state index in [2.05, 4.69) is 19.2 Å². The lowest BCUT2D eigenvalue weighted by Gasteiger charge is -2.29. The number of nitrogens with zero attached hydrogens (tertiary/aromatic N) is 1. The quantitative estimate of drug-likeness (QED) is 0.819. The molecule has 4 nitrogen and oxygen atoms in total. The topological polar surface area (TPSA) is 58.4 Å². The Morgan fingerprint density at radius 3 is 2.53 bits per heavy atom. The van der Waals surface area contributed by atoms with Crippen LogP contribution in [0.25, 0.3) is 0 Å². The van der Waals surface area contributed by atoms with Crippen molar-refractivity contribution in [1.82, 2.24) is 4.90 Å². The Labute approximate surface area is 115 Å². The molecule has 1 saturated carbocycles. The highest BCUT2D eigenvalue weighted by molar-refractivity contribution is 6.00. The van der Waals surface area contributed by atoms with Gasteiger partial charge in [-0.2, -0.15) is 0 Å². The van der Waals surface area contributed by atoms with E-state index >= 15 is 0 Å². The van der Waals surface area contributed by atoms with Crippen LogP contribution in [0, 0.1) is 5.92 Å². The van der Waals surface area contributed by atoms with Crippen molar-refractivity contribution in [2.75, 3.05) is 25.1 Å². The molecule has 0 saturated heterocycles. The largest absolute Gasteiger partial charge is 0.399 e. The number of hydrogen-bond donors (Lipinski definition) is 2. The van der Waals surface area contributed by atoms with Gasteiger partial charge in [0.25, 0.3) is 5.91 Å². The van der Waals surface area contributed by atoms with Crippen LogP contribution in [0.1, 0.15) is 37.0 Å². The second kappa shape index (κ2) is 4.76. The Balaban J connectivity index is 2.32. The lowest BCUT2D eigenvalue weighted by Crippen LogP contribution is -2.34. The summed E-state index contributed by atoms with van der Waals surface area (Å²) in [5.74, 6) is 0.672. The standard InChI is InChI=1S/C15H23N3O/c1-15(2,10-5-6-10)17-13-9-11(16)7-8-12(13)14(19)18(3)4/h7-10,17H,5-6,16H2,1-4H3. The van der Waals surface area contributed by atoms with Crippen molar-refractivity contribution < 1.29 is 4.79 Å². The maximum Gasteiger partial charge on any atom is 0.255 e. The number of carbonyl (C=O) groups is 1. The molecule has 1 fully saturated rings. The number of nitrogen functional groups attached to an aromatic ring is 1. The smallest absolute Gasteiger partial charge is 0.255 e. The Kier molecular flexibility index (Phi) is 3.43. The first-order valence-electron chi connectivity index (χ1n) is 6.70. The molecule has 0 heterocycles. The van der Waals surface area contributed by atoms with E-state index in [9.17, 15) is 4.79 Å². The third-order valence-electron chi connectivity index (χ3n) is 3.74. The molecular formula is C15H23N3O. The van der Waals surface area contributed by atoms with Crippen molar-refractivity contribution in [2.24, 2.45) is 5.92 Å². The van der Waals surface area contributed by atoms with Gasteiger partial charge in [0.15, 0.2) is 0 Å². The van der Waals surface area contributed by atoms with E-state index in [0.29, 0.717) is 17.2 Å². The fourth-order valence-electron chi connectivity index (χ4n) is 2.35. The van der Waals surface area contributed by atoms with Gasteiger partial charge in [-0.1, -0.05) is 0 Å². The van der Waals surface area contributed by atoms with E-state index < -0.39 is 0 Å². The van der Waals surface area contributed by atoms with E-state index in [1.165, 1.54) is 12.8 Å². The molecule has 0 aromatic heterocycles. The number of anilines is 2. The van der Waals surface area contributed by atoms with Crippen molar-refractivity contribution in [3.63, 3.8) is 0 Å². The molecule has 0 atom stereocenters. The van der Waals surface area contributed by atoms with Crippen LogP contribution in [0.4, 0.5) is 11.4 Å². The van der Waals surface area contributed by atoms with E-state index in [4.69, 9.17) is 5.73 Å². The highest BCUT2D eigenvalue weighted by Gasteiger charge is 2.38. The summed E-state index contributed by atoms with van der Waals surface area (Å²) in [6.45, 7) is 4.36. The van der Waals surface area contributed by atoms with Crippen molar-refractivity contribution >= 4 is 17.3 Å². The van der Waals surface area contributed by atoms with E-state index in [1.807, 2.05) is 6.07 Å². The molecule has 1 aliphatic carbocycles. The number of nitrogens with two attached hydrogens (primary N) is 1. The maximum atomic E-state index is 12.2. The lowest BCUT2D eigenvalue weighted by atomic mass is 9.97. The zero-order chi connectivity index (χ0) is 14.2. The van der Waals surface area contributed by atoms with Gasteiger partial charge in [-0.25, -0.2) is 0 Å². The summed E-state index contributed by atoms with van der Waals surface area (Å²) in [5, 5.41) is 3.50. The van der Waals surface area contributed by atoms with Gasteiger partial charge in [-0.3, -0.25) is 4.79 Å². The maximum absolute atomic E-state index is 12.2. The Morgan fingerprint density at radius 1 is 1.37 bits per heavy atom. The van der Waals surface area contributed by atoms with Crippen LogP contribution in [-0.2, 0) is 0 Å². The average molecular weight is 261 g/mol. The summed E-state index contributed by atoms with van der Waals surface area (Å²) in [5.41, 5.74) is 8.02. The molecule has 0 bridgehead atoms. The second-order valence-corrected chi connectivity index (χ2v) is 6.13. The third-order valence-corrected chi connectivity index (χ3v) is 3.74. The Bertz CT molecular complexity index is 490. The van der Waals surface area contributed by atoms with Crippen LogP contribution in [-0.4, -0.2) is 30.4 Å². The molecule has 1 aromatic carbocycles. The number of hydrogen-bond acceptors (Lipinski definition) is 3. The minimum atomic E-state index is -0.00547. The number of amides is 1. The zero-order valence-corrected chi connectivity index (χ0v) is 12.2. The molecule has 19 heavy (non-hydrogen) atoms. The minimum absolute atomic E-state index is 0.00483. The number of rotatable bonds is 4. The van der Waals surface area contributed by atoms with Crippen LogP contribution in [0.2, 0.25) is 0 Å². The highest BCUT2D eigenvalue weighted by atomic mass is 16.2. The third kappa shape index (κ3) is 3.00. The van der Waals surface area contributed by atoms with Gasteiger partial charge < -0.3 is 16.0 Å². The lowest BCUT2D eigenvalue weighted by molar-refractivity contribution is 0.0828. The first-order valence-corrected chi connectivity index (χ1v) is 6.70. The van der Waals surface area contributed by atoms with Crippen LogP contribution < -0.4 is 11.1 Å². The first kappa shape index (κ1) is 13.7. The molecule has 1 aliphatic rings. The van der Waals surface area contributed by atoms with Crippen molar-refractivity contribution in [3.05, 3.63) is 23.8 Å². The summed E-state index contributed by atoms with van der Waals surface area (Å²) in [6.07, 6.45) is 2.50. The normalized spacial score (nSPS) is 15.2. The molecule has 1 amide bonds. The van der Waals surface area contributed by atoms with E-state index in [0.717, 1.165) is 5.69 Å². The molecule has 3 N–H and O–H groups in total. The summed E-state index contributed by atoms with van der Waals surface area (Å²) in [7, 11) is 3.52. The zero-order valence-electron chi connectivity index (χ0n) is 12.2. The minimum Gasteiger partial charge on any atom is -0.399 e. The van der Waals surface area contributed by atoms with Crippen LogP contribution in [0.15, 0.2) is 18.2 Å². The van der Waals surface area contributed by atoms with E-state index in [-0.39, 0.29) is 11.4 Å². The fourth-order valence-corrected chi connectivity index (χ4v) is 2.35. The van der Waals surface area contributed by atoms with Gasteiger partial charge in [0.1, 0.15) is 0 Å².